The summed E-state index contributed by atoms with van der Waals surface area (Å²) in [5, 5.41) is 0. The second-order valence-corrected chi connectivity index (χ2v) is 11.4. The Hall–Kier alpha value is -2.87. The number of hydrogen-bond acceptors (Lipinski definition) is 6. The molecule has 6 rings (SSSR count). The molecule has 0 saturated heterocycles. The van der Waals surface area contributed by atoms with Gasteiger partial charge in [0.15, 0.2) is 0 Å². The van der Waals surface area contributed by atoms with Gasteiger partial charge in [-0.25, -0.2) is 4.98 Å². The maximum atomic E-state index is 5.16. The molecule has 0 fully saturated rings. The average molecular weight is 487 g/mol. The minimum Gasteiger partial charge on any atom is -0.337 e. The highest BCUT2D eigenvalue weighted by molar-refractivity contribution is 7.16. The van der Waals surface area contributed by atoms with Crippen molar-refractivity contribution >= 4 is 56.5 Å². The topological polar surface area (TPSA) is 54.5 Å². The van der Waals surface area contributed by atoms with Crippen LogP contribution in [0.3, 0.4) is 0 Å². The standard InChI is InChI=1S/C26H22N4S3/c1-4-5-16-8-10-17(11-9-16)26-27-22-20(18-12-6-14(2)31-18)24-25(30-33-29-24)21(23(22)28-26)19-13-7-15(3)32-19/h6-13H,4-5H2,1-3H3,(H,27,28). The van der Waals surface area contributed by atoms with Crippen molar-refractivity contribution in [2.24, 2.45) is 0 Å². The molecular weight excluding hydrogens is 465 g/mol. The van der Waals surface area contributed by atoms with E-state index >= 15 is 0 Å². The molecule has 0 radical (unpaired) electrons. The summed E-state index contributed by atoms with van der Waals surface area (Å²) in [6.45, 7) is 6.49. The lowest BCUT2D eigenvalue weighted by atomic mass is 10.0. The van der Waals surface area contributed by atoms with Crippen molar-refractivity contribution in [3.8, 4) is 32.3 Å². The zero-order valence-electron chi connectivity index (χ0n) is 18.6. The first-order valence-electron chi connectivity index (χ1n) is 11.0. The number of H-pyrrole nitrogens is 1. The van der Waals surface area contributed by atoms with Crippen molar-refractivity contribution in [1.29, 1.82) is 0 Å². The second kappa shape index (κ2) is 8.17. The highest BCUT2D eigenvalue weighted by atomic mass is 32.1. The molecule has 4 heterocycles. The van der Waals surface area contributed by atoms with Gasteiger partial charge in [-0.3, -0.25) is 0 Å². The summed E-state index contributed by atoms with van der Waals surface area (Å²) in [5.41, 5.74) is 8.51. The van der Waals surface area contributed by atoms with E-state index < -0.39 is 0 Å². The second-order valence-electron chi connectivity index (χ2n) is 8.29. The van der Waals surface area contributed by atoms with Crippen molar-refractivity contribution in [2.75, 3.05) is 0 Å². The van der Waals surface area contributed by atoms with Gasteiger partial charge >= 0.3 is 0 Å². The number of aromatic nitrogens is 4. The number of imidazole rings is 1. The van der Waals surface area contributed by atoms with Crippen LogP contribution in [0.15, 0.2) is 48.5 Å². The van der Waals surface area contributed by atoms with Crippen molar-refractivity contribution in [2.45, 2.75) is 33.6 Å². The van der Waals surface area contributed by atoms with Crippen LogP contribution in [0.25, 0.3) is 54.3 Å². The van der Waals surface area contributed by atoms with Gasteiger partial charge in [-0.15, -0.1) is 22.7 Å². The Labute approximate surface area is 204 Å². The molecule has 0 aliphatic rings. The Balaban J connectivity index is 1.67. The normalized spacial score (nSPS) is 11.7. The molecule has 0 saturated carbocycles. The smallest absolute Gasteiger partial charge is 0.138 e. The first-order valence-corrected chi connectivity index (χ1v) is 13.4. The fourth-order valence-corrected chi connectivity index (χ4v) is 6.74. The van der Waals surface area contributed by atoms with Crippen molar-refractivity contribution < 1.29 is 0 Å². The summed E-state index contributed by atoms with van der Waals surface area (Å²) in [6, 6.07) is 17.4. The first kappa shape index (κ1) is 20.7. The molecule has 7 heteroatoms. The van der Waals surface area contributed by atoms with Gasteiger partial charge < -0.3 is 4.98 Å². The summed E-state index contributed by atoms with van der Waals surface area (Å²) in [4.78, 5) is 13.8. The molecule has 4 aromatic heterocycles. The highest BCUT2D eigenvalue weighted by Crippen LogP contribution is 2.45. The monoisotopic (exact) mass is 486 g/mol. The van der Waals surface area contributed by atoms with Crippen LogP contribution in [0, 0.1) is 13.8 Å². The molecule has 0 amide bonds. The van der Waals surface area contributed by atoms with Crippen LogP contribution in [-0.4, -0.2) is 18.7 Å². The van der Waals surface area contributed by atoms with Crippen LogP contribution < -0.4 is 0 Å². The molecule has 6 aromatic rings. The minimum atomic E-state index is 0.883. The highest BCUT2D eigenvalue weighted by Gasteiger charge is 2.24. The minimum absolute atomic E-state index is 0.883. The fraction of sp³-hybridized carbons (Fsp3) is 0.192. The van der Waals surface area contributed by atoms with Crippen molar-refractivity contribution in [3.05, 3.63) is 63.8 Å². The molecule has 164 valence electrons. The third-order valence-corrected chi connectivity index (χ3v) is 8.46. The summed E-state index contributed by atoms with van der Waals surface area (Å²) < 4.78 is 9.50. The lowest BCUT2D eigenvalue weighted by molar-refractivity contribution is 0.922. The van der Waals surface area contributed by atoms with Crippen LogP contribution in [-0.2, 0) is 6.42 Å². The Bertz CT molecular complexity index is 1510. The van der Waals surface area contributed by atoms with E-state index in [0.29, 0.717) is 0 Å². The van der Waals surface area contributed by atoms with Gasteiger partial charge in [-0.05, 0) is 50.1 Å². The zero-order chi connectivity index (χ0) is 22.5. The number of rotatable bonds is 5. The molecule has 0 spiro atoms. The van der Waals surface area contributed by atoms with Crippen LogP contribution in [0.4, 0.5) is 0 Å². The maximum Gasteiger partial charge on any atom is 0.138 e. The van der Waals surface area contributed by atoms with Gasteiger partial charge in [0.2, 0.25) is 0 Å². The predicted octanol–water partition coefficient (Wildman–Crippen LogP) is 8.26. The predicted molar refractivity (Wildman–Crippen MR) is 143 cm³/mol. The van der Waals surface area contributed by atoms with E-state index in [1.807, 2.05) is 0 Å². The van der Waals surface area contributed by atoms with E-state index in [1.165, 1.54) is 36.8 Å². The fourth-order valence-electron chi connectivity index (χ4n) is 4.35. The Morgan fingerprint density at radius 3 is 2.00 bits per heavy atom. The van der Waals surface area contributed by atoms with E-state index in [0.717, 1.165) is 57.4 Å². The number of nitrogens with zero attached hydrogens (tertiary/aromatic N) is 3. The molecule has 0 bridgehead atoms. The number of benzene rings is 2. The number of thiophene rings is 2. The van der Waals surface area contributed by atoms with E-state index in [9.17, 15) is 0 Å². The average Bonchev–Trinajstić information content (AvgIpc) is 3.60. The Kier molecular flexibility index (Phi) is 5.13. The summed E-state index contributed by atoms with van der Waals surface area (Å²) >= 11 is 4.83. The van der Waals surface area contributed by atoms with Crippen molar-refractivity contribution in [1.82, 2.24) is 18.7 Å². The molecule has 4 nitrogen and oxygen atoms in total. The Morgan fingerprint density at radius 2 is 1.39 bits per heavy atom. The number of hydrogen-bond donors (Lipinski definition) is 1. The zero-order valence-corrected chi connectivity index (χ0v) is 21.0. The van der Waals surface area contributed by atoms with Crippen molar-refractivity contribution in [3.63, 3.8) is 0 Å². The number of aromatic amines is 1. The summed E-state index contributed by atoms with van der Waals surface area (Å²) in [7, 11) is 0. The number of aryl methyl sites for hydroxylation is 3. The van der Waals surface area contributed by atoms with Crippen LogP contribution in [0.1, 0.15) is 28.7 Å². The van der Waals surface area contributed by atoms with E-state index in [2.05, 4.69) is 74.3 Å². The van der Waals surface area contributed by atoms with E-state index in [1.54, 1.807) is 22.7 Å². The molecule has 0 aliphatic carbocycles. The lowest BCUT2D eigenvalue weighted by Gasteiger charge is -2.06. The third-order valence-electron chi connectivity index (χ3n) is 5.89. The molecular formula is C26H22N4S3. The van der Waals surface area contributed by atoms with Crippen LogP contribution in [0.2, 0.25) is 0 Å². The molecule has 0 unspecified atom stereocenters. The number of nitrogens with one attached hydrogen (secondary N) is 1. The molecule has 33 heavy (non-hydrogen) atoms. The molecule has 0 aliphatic heterocycles. The summed E-state index contributed by atoms with van der Waals surface area (Å²) in [6.07, 6.45) is 2.24. The Morgan fingerprint density at radius 1 is 0.758 bits per heavy atom. The maximum absolute atomic E-state index is 5.16. The molecule has 2 aromatic carbocycles. The van der Waals surface area contributed by atoms with Gasteiger partial charge in [0.05, 0.1) is 17.2 Å². The largest absolute Gasteiger partial charge is 0.337 e. The third kappa shape index (κ3) is 3.51. The van der Waals surface area contributed by atoms with Gasteiger partial charge in [-0.1, -0.05) is 37.6 Å². The molecule has 0 atom stereocenters. The van der Waals surface area contributed by atoms with Gasteiger partial charge in [0.1, 0.15) is 22.4 Å². The van der Waals surface area contributed by atoms with Gasteiger partial charge in [0.25, 0.3) is 0 Å². The van der Waals surface area contributed by atoms with E-state index in [4.69, 9.17) is 13.7 Å². The summed E-state index contributed by atoms with van der Waals surface area (Å²) in [5.74, 6) is 0.883. The number of fused-ring (bicyclic) bond motifs is 2. The van der Waals surface area contributed by atoms with Gasteiger partial charge in [0, 0.05) is 36.2 Å². The first-order chi connectivity index (χ1) is 16.1. The lowest BCUT2D eigenvalue weighted by Crippen LogP contribution is -1.87. The molecule has 1 N–H and O–H groups in total. The quantitative estimate of drug-likeness (QED) is 0.267. The van der Waals surface area contributed by atoms with E-state index in [-0.39, 0.29) is 0 Å². The SMILES string of the molecule is CCCc1ccc(-c2nc3c(-c4ccc(C)s4)c4nsnc4c(-c4ccc(C)s4)c3[nH]2)cc1. The van der Waals surface area contributed by atoms with Gasteiger partial charge in [-0.2, -0.15) is 8.75 Å². The van der Waals surface area contributed by atoms with Crippen LogP contribution >= 0.6 is 34.4 Å². The van der Waals surface area contributed by atoms with Crippen LogP contribution in [0.5, 0.6) is 0 Å².